The number of nitrogens with two attached hydrogens (primary N) is 1. The van der Waals surface area contributed by atoms with E-state index in [9.17, 15) is 4.79 Å². The first kappa shape index (κ1) is 15.8. The van der Waals surface area contributed by atoms with E-state index in [0.29, 0.717) is 32.6 Å². The van der Waals surface area contributed by atoms with E-state index in [0.717, 1.165) is 13.0 Å². The molecule has 0 saturated carbocycles. The molecule has 116 valence electrons. The molecule has 0 bridgehead atoms. The molecule has 0 aliphatic carbocycles. The van der Waals surface area contributed by atoms with E-state index in [1.54, 1.807) is 0 Å². The van der Waals surface area contributed by atoms with Gasteiger partial charge in [0.15, 0.2) is 0 Å². The Morgan fingerprint density at radius 1 is 1.33 bits per heavy atom. The number of ether oxygens (including phenoxy) is 1. The van der Waals surface area contributed by atoms with Gasteiger partial charge in [-0.05, 0) is 31.4 Å². The highest BCUT2D eigenvalue weighted by atomic mass is 16.5. The summed E-state index contributed by atoms with van der Waals surface area (Å²) >= 11 is 0. The minimum absolute atomic E-state index is 0.0480. The molecule has 1 aliphatic heterocycles. The van der Waals surface area contributed by atoms with Gasteiger partial charge in [0.2, 0.25) is 5.91 Å². The maximum Gasteiger partial charge on any atom is 0.240 e. The van der Waals surface area contributed by atoms with E-state index in [-0.39, 0.29) is 5.91 Å². The van der Waals surface area contributed by atoms with Crippen molar-refractivity contribution in [2.45, 2.75) is 24.8 Å². The number of hydrogen-bond acceptors (Lipinski definition) is 4. The largest absolute Gasteiger partial charge is 0.381 e. The second-order valence-electron chi connectivity index (χ2n) is 5.64. The van der Waals surface area contributed by atoms with Gasteiger partial charge in [-0.15, -0.1) is 0 Å². The summed E-state index contributed by atoms with van der Waals surface area (Å²) in [5.41, 5.74) is 6.57. The van der Waals surface area contributed by atoms with Crippen LogP contribution in [0, 0.1) is 0 Å². The molecule has 1 saturated heterocycles. The topological polar surface area (TPSA) is 67.6 Å². The van der Waals surface area contributed by atoms with Gasteiger partial charge in [0.05, 0.1) is 5.54 Å². The molecule has 0 spiro atoms. The molecule has 2 rings (SSSR count). The van der Waals surface area contributed by atoms with Gasteiger partial charge >= 0.3 is 0 Å². The van der Waals surface area contributed by atoms with Crippen molar-refractivity contribution in [3.8, 4) is 0 Å². The van der Waals surface area contributed by atoms with Crippen LogP contribution in [0.4, 0.5) is 5.69 Å². The molecule has 0 aromatic heterocycles. The minimum Gasteiger partial charge on any atom is -0.381 e. The van der Waals surface area contributed by atoms with Gasteiger partial charge in [0.25, 0.3) is 0 Å². The number of carbonyl (C=O) groups is 1. The molecule has 1 aromatic rings. The van der Waals surface area contributed by atoms with Crippen molar-refractivity contribution in [2.75, 3.05) is 38.3 Å². The third kappa shape index (κ3) is 4.44. The van der Waals surface area contributed by atoms with Gasteiger partial charge < -0.3 is 20.7 Å². The molecule has 1 heterocycles. The molecule has 1 aromatic carbocycles. The third-order valence-corrected chi connectivity index (χ3v) is 3.99. The molecule has 0 atom stereocenters. The number of carbonyl (C=O) groups excluding carboxylic acids is 1. The molecule has 21 heavy (non-hydrogen) atoms. The lowest BCUT2D eigenvalue weighted by Crippen LogP contribution is -2.57. The summed E-state index contributed by atoms with van der Waals surface area (Å²) in [5.74, 6) is -0.0480. The Morgan fingerprint density at radius 2 is 2.00 bits per heavy atom. The summed E-state index contributed by atoms with van der Waals surface area (Å²) < 4.78 is 5.25. The summed E-state index contributed by atoms with van der Waals surface area (Å²) in [6, 6.07) is 10.2. The standard InChI is InChI=1S/C16H25N3O2/c1-19(14-6-3-2-4-7-14)11-5-10-18-15(20)16(17)8-12-21-13-9-16/h2-4,6-7H,5,8-13,17H2,1H3,(H,18,20). The fourth-order valence-electron chi connectivity index (χ4n) is 2.47. The van der Waals surface area contributed by atoms with Crippen molar-refractivity contribution < 1.29 is 9.53 Å². The summed E-state index contributed by atoms with van der Waals surface area (Å²) in [6.07, 6.45) is 2.09. The van der Waals surface area contributed by atoms with Gasteiger partial charge in [-0.3, -0.25) is 4.79 Å². The highest BCUT2D eigenvalue weighted by Crippen LogP contribution is 2.17. The van der Waals surface area contributed by atoms with E-state index in [2.05, 4.69) is 29.4 Å². The molecule has 1 aliphatic rings. The maximum atomic E-state index is 12.1. The van der Waals surface area contributed by atoms with Crippen LogP contribution in [0.15, 0.2) is 30.3 Å². The monoisotopic (exact) mass is 291 g/mol. The zero-order chi connectivity index (χ0) is 15.1. The van der Waals surface area contributed by atoms with Crippen LogP contribution in [0.1, 0.15) is 19.3 Å². The van der Waals surface area contributed by atoms with Crippen molar-refractivity contribution in [1.82, 2.24) is 5.32 Å². The summed E-state index contributed by atoms with van der Waals surface area (Å²) in [5, 5.41) is 2.95. The Kier molecular flexibility index (Phi) is 5.59. The Morgan fingerprint density at radius 3 is 2.67 bits per heavy atom. The fraction of sp³-hybridized carbons (Fsp3) is 0.562. The van der Waals surface area contributed by atoms with Crippen molar-refractivity contribution >= 4 is 11.6 Å². The van der Waals surface area contributed by atoms with E-state index in [4.69, 9.17) is 10.5 Å². The first-order valence-electron chi connectivity index (χ1n) is 7.53. The van der Waals surface area contributed by atoms with Crippen LogP contribution < -0.4 is 16.0 Å². The number of amides is 1. The Bertz CT molecular complexity index is 444. The Hall–Kier alpha value is -1.59. The molecule has 0 unspecified atom stereocenters. The zero-order valence-corrected chi connectivity index (χ0v) is 12.7. The number of anilines is 1. The number of rotatable bonds is 6. The summed E-state index contributed by atoms with van der Waals surface area (Å²) in [6.45, 7) is 2.68. The molecule has 5 heteroatoms. The average Bonchev–Trinajstić information content (AvgIpc) is 2.52. The van der Waals surface area contributed by atoms with Crippen molar-refractivity contribution in [2.24, 2.45) is 5.73 Å². The van der Waals surface area contributed by atoms with Crippen molar-refractivity contribution in [1.29, 1.82) is 0 Å². The van der Waals surface area contributed by atoms with Crippen LogP contribution in [-0.2, 0) is 9.53 Å². The summed E-state index contributed by atoms with van der Waals surface area (Å²) in [7, 11) is 2.06. The van der Waals surface area contributed by atoms with Crippen molar-refractivity contribution in [3.05, 3.63) is 30.3 Å². The number of nitrogens with one attached hydrogen (secondary N) is 1. The number of hydrogen-bond donors (Lipinski definition) is 2. The van der Waals surface area contributed by atoms with Gasteiger partial charge in [-0.1, -0.05) is 18.2 Å². The minimum atomic E-state index is -0.746. The molecule has 0 radical (unpaired) electrons. The number of benzene rings is 1. The second-order valence-corrected chi connectivity index (χ2v) is 5.64. The molecule has 1 fully saturated rings. The highest BCUT2D eigenvalue weighted by molar-refractivity contribution is 5.86. The molecule has 1 amide bonds. The first-order chi connectivity index (χ1) is 10.1. The normalized spacial score (nSPS) is 17.2. The van der Waals surface area contributed by atoms with Gasteiger partial charge in [-0.2, -0.15) is 0 Å². The second kappa shape index (κ2) is 7.43. The molecular weight excluding hydrogens is 266 g/mol. The maximum absolute atomic E-state index is 12.1. The van der Waals surface area contributed by atoms with Crippen molar-refractivity contribution in [3.63, 3.8) is 0 Å². The van der Waals surface area contributed by atoms with Crippen LogP contribution in [0.25, 0.3) is 0 Å². The molecule has 3 N–H and O–H groups in total. The molecule has 5 nitrogen and oxygen atoms in total. The lowest BCUT2D eigenvalue weighted by atomic mass is 9.90. The average molecular weight is 291 g/mol. The van der Waals surface area contributed by atoms with E-state index >= 15 is 0 Å². The lowest BCUT2D eigenvalue weighted by molar-refractivity contribution is -0.129. The van der Waals surface area contributed by atoms with Crippen LogP contribution in [0.3, 0.4) is 0 Å². The van der Waals surface area contributed by atoms with E-state index in [1.807, 2.05) is 18.2 Å². The van der Waals surface area contributed by atoms with Gasteiger partial charge in [-0.25, -0.2) is 0 Å². The van der Waals surface area contributed by atoms with Crippen LogP contribution >= 0.6 is 0 Å². The highest BCUT2D eigenvalue weighted by Gasteiger charge is 2.35. The predicted octanol–water partition coefficient (Wildman–Crippen LogP) is 1.14. The van der Waals surface area contributed by atoms with Crippen LogP contribution in [-0.4, -0.2) is 44.8 Å². The zero-order valence-electron chi connectivity index (χ0n) is 12.7. The first-order valence-corrected chi connectivity index (χ1v) is 7.53. The Labute approximate surface area is 126 Å². The van der Waals surface area contributed by atoms with E-state index in [1.165, 1.54) is 5.69 Å². The van der Waals surface area contributed by atoms with Gasteiger partial charge in [0, 0.05) is 39.0 Å². The van der Waals surface area contributed by atoms with E-state index < -0.39 is 5.54 Å². The quantitative estimate of drug-likeness (QED) is 0.771. The van der Waals surface area contributed by atoms with Crippen LogP contribution in [0.5, 0.6) is 0 Å². The number of para-hydroxylation sites is 1. The smallest absolute Gasteiger partial charge is 0.240 e. The summed E-state index contributed by atoms with van der Waals surface area (Å²) in [4.78, 5) is 14.3. The predicted molar refractivity (Wildman–Crippen MR) is 84.3 cm³/mol. The van der Waals surface area contributed by atoms with Crippen LogP contribution in [0.2, 0.25) is 0 Å². The third-order valence-electron chi connectivity index (χ3n) is 3.99. The van der Waals surface area contributed by atoms with Gasteiger partial charge in [0.1, 0.15) is 0 Å². The Balaban J connectivity index is 1.68. The fourth-order valence-corrected chi connectivity index (χ4v) is 2.47. The number of nitrogens with zero attached hydrogens (tertiary/aromatic N) is 1. The lowest BCUT2D eigenvalue weighted by Gasteiger charge is -2.31. The molecular formula is C16H25N3O2. The SMILES string of the molecule is CN(CCCNC(=O)C1(N)CCOCC1)c1ccccc1.